The molecule has 0 radical (unpaired) electrons. The van der Waals surface area contributed by atoms with Crippen LogP contribution in [0.5, 0.6) is 5.75 Å². The Kier molecular flexibility index (Phi) is 4.18. The van der Waals surface area contributed by atoms with Crippen molar-refractivity contribution >= 4 is 21.7 Å². The zero-order valence-corrected chi connectivity index (χ0v) is 11.3. The molecule has 1 unspecified atom stereocenters. The normalized spacial score (nSPS) is 19.3. The zero-order valence-electron chi connectivity index (χ0n) is 9.74. The minimum Gasteiger partial charge on any atom is -0.492 e. The first-order valence-corrected chi connectivity index (χ1v) is 6.47. The summed E-state index contributed by atoms with van der Waals surface area (Å²) in [4.78, 5) is 11.2. The smallest absolute Gasteiger partial charge is 0.159 e. The number of Topliss-reactive ketones (excluding diaryl/α,β-unsaturated/α-hetero) is 1. The van der Waals surface area contributed by atoms with Crippen molar-refractivity contribution in [1.29, 1.82) is 0 Å². The highest BCUT2D eigenvalue weighted by atomic mass is 79.9. The summed E-state index contributed by atoms with van der Waals surface area (Å²) in [6, 6.07) is 5.41. The molecule has 1 saturated heterocycles. The summed E-state index contributed by atoms with van der Waals surface area (Å²) in [5, 5.41) is 0. The third-order valence-electron chi connectivity index (χ3n) is 2.84. The quantitative estimate of drug-likeness (QED) is 0.802. The number of rotatable bonds is 4. The number of ketones is 1. The van der Waals surface area contributed by atoms with Gasteiger partial charge in [-0.05, 0) is 47.5 Å². The Morgan fingerprint density at radius 2 is 2.41 bits per heavy atom. The Morgan fingerprint density at radius 3 is 3.00 bits per heavy atom. The molecule has 1 aromatic rings. The summed E-state index contributed by atoms with van der Waals surface area (Å²) in [6.45, 7) is 3.83. The van der Waals surface area contributed by atoms with E-state index >= 15 is 0 Å². The van der Waals surface area contributed by atoms with Crippen LogP contribution in [0.4, 0.5) is 0 Å². The average molecular weight is 299 g/mol. The molecule has 0 amide bonds. The van der Waals surface area contributed by atoms with Gasteiger partial charge in [0.1, 0.15) is 5.75 Å². The first-order valence-electron chi connectivity index (χ1n) is 5.68. The van der Waals surface area contributed by atoms with Gasteiger partial charge in [-0.1, -0.05) is 0 Å². The van der Waals surface area contributed by atoms with Crippen LogP contribution < -0.4 is 4.74 Å². The van der Waals surface area contributed by atoms with E-state index < -0.39 is 0 Å². The summed E-state index contributed by atoms with van der Waals surface area (Å²) in [6.07, 6.45) is 1.06. The Hall–Kier alpha value is -0.870. The summed E-state index contributed by atoms with van der Waals surface area (Å²) < 4.78 is 11.8. The molecule has 1 aliphatic heterocycles. The van der Waals surface area contributed by atoms with E-state index in [0.29, 0.717) is 18.1 Å². The van der Waals surface area contributed by atoms with Crippen LogP contribution in [0.15, 0.2) is 22.7 Å². The molecule has 4 heteroatoms. The second kappa shape index (κ2) is 5.65. The first-order chi connectivity index (χ1) is 8.16. The maximum atomic E-state index is 11.2. The topological polar surface area (TPSA) is 35.5 Å². The molecule has 1 atom stereocenters. The monoisotopic (exact) mass is 298 g/mol. The second-order valence-corrected chi connectivity index (χ2v) is 5.10. The van der Waals surface area contributed by atoms with Gasteiger partial charge in [-0.3, -0.25) is 4.79 Å². The predicted molar refractivity (Wildman–Crippen MR) is 68.6 cm³/mol. The van der Waals surface area contributed by atoms with E-state index in [-0.39, 0.29) is 5.78 Å². The maximum absolute atomic E-state index is 11.2. The highest BCUT2D eigenvalue weighted by Crippen LogP contribution is 2.27. The van der Waals surface area contributed by atoms with Gasteiger partial charge < -0.3 is 9.47 Å². The van der Waals surface area contributed by atoms with Gasteiger partial charge >= 0.3 is 0 Å². The molecule has 2 rings (SSSR count). The van der Waals surface area contributed by atoms with Crippen molar-refractivity contribution in [1.82, 2.24) is 0 Å². The van der Waals surface area contributed by atoms with Crippen molar-refractivity contribution in [3.05, 3.63) is 28.2 Å². The molecule has 0 bridgehead atoms. The number of hydrogen-bond donors (Lipinski definition) is 0. The lowest BCUT2D eigenvalue weighted by Gasteiger charge is -2.12. The van der Waals surface area contributed by atoms with Crippen LogP contribution in [0, 0.1) is 5.92 Å². The molecule has 0 aliphatic carbocycles. The van der Waals surface area contributed by atoms with Gasteiger partial charge in [0.05, 0.1) is 17.7 Å². The van der Waals surface area contributed by atoms with Gasteiger partial charge in [0.15, 0.2) is 5.78 Å². The molecular formula is C13H15BrO3. The van der Waals surface area contributed by atoms with E-state index in [2.05, 4.69) is 15.9 Å². The van der Waals surface area contributed by atoms with Crippen molar-refractivity contribution in [3.63, 3.8) is 0 Å². The molecule has 0 N–H and O–H groups in total. The number of carbonyl (C=O) groups excluding carboxylic acids is 1. The molecule has 1 aliphatic rings. The lowest BCUT2D eigenvalue weighted by atomic mass is 10.1. The minimum absolute atomic E-state index is 0.0569. The number of benzene rings is 1. The van der Waals surface area contributed by atoms with Gasteiger partial charge in [-0.15, -0.1) is 0 Å². The van der Waals surface area contributed by atoms with Gasteiger partial charge in [-0.25, -0.2) is 0 Å². The van der Waals surface area contributed by atoms with Crippen LogP contribution in [0.2, 0.25) is 0 Å². The fourth-order valence-corrected chi connectivity index (χ4v) is 2.25. The number of hydrogen-bond acceptors (Lipinski definition) is 3. The van der Waals surface area contributed by atoms with Crippen molar-refractivity contribution in [2.75, 3.05) is 19.8 Å². The highest BCUT2D eigenvalue weighted by Gasteiger charge is 2.16. The Balaban J connectivity index is 1.98. The van der Waals surface area contributed by atoms with E-state index in [1.54, 1.807) is 19.1 Å². The molecule has 0 spiro atoms. The lowest BCUT2D eigenvalue weighted by molar-refractivity contribution is 0.101. The van der Waals surface area contributed by atoms with Gasteiger partial charge in [0.2, 0.25) is 0 Å². The van der Waals surface area contributed by atoms with E-state index in [1.807, 2.05) is 6.07 Å². The number of ether oxygens (including phenoxy) is 2. The molecule has 1 aromatic carbocycles. The number of carbonyl (C=O) groups is 1. The van der Waals surface area contributed by atoms with E-state index in [1.165, 1.54) is 0 Å². The van der Waals surface area contributed by atoms with Crippen LogP contribution in [-0.2, 0) is 4.74 Å². The van der Waals surface area contributed by atoms with Gasteiger partial charge in [0.25, 0.3) is 0 Å². The Morgan fingerprint density at radius 1 is 1.59 bits per heavy atom. The van der Waals surface area contributed by atoms with Crippen LogP contribution in [-0.4, -0.2) is 25.6 Å². The molecule has 1 fully saturated rings. The van der Waals surface area contributed by atoms with Crippen molar-refractivity contribution < 1.29 is 14.3 Å². The predicted octanol–water partition coefficient (Wildman–Crippen LogP) is 3.07. The lowest BCUT2D eigenvalue weighted by Crippen LogP contribution is -2.11. The second-order valence-electron chi connectivity index (χ2n) is 4.24. The molecule has 1 heterocycles. The third-order valence-corrected chi connectivity index (χ3v) is 3.46. The fourth-order valence-electron chi connectivity index (χ4n) is 1.76. The van der Waals surface area contributed by atoms with E-state index in [0.717, 1.165) is 29.9 Å². The maximum Gasteiger partial charge on any atom is 0.159 e. The molecule has 92 valence electrons. The Bertz CT molecular complexity index is 411. The first kappa shape index (κ1) is 12.6. The standard InChI is InChI=1S/C13H15BrO3/c1-9(15)11-2-3-13(12(14)6-11)17-8-10-4-5-16-7-10/h2-3,6,10H,4-5,7-8H2,1H3. The van der Waals surface area contributed by atoms with E-state index in [9.17, 15) is 4.79 Å². The van der Waals surface area contributed by atoms with Crippen molar-refractivity contribution in [3.8, 4) is 5.75 Å². The van der Waals surface area contributed by atoms with Crippen LogP contribution in [0.3, 0.4) is 0 Å². The number of halogens is 1. The van der Waals surface area contributed by atoms with Crippen LogP contribution in [0.1, 0.15) is 23.7 Å². The van der Waals surface area contributed by atoms with Crippen molar-refractivity contribution in [2.24, 2.45) is 5.92 Å². The Labute approximate surface area is 109 Å². The minimum atomic E-state index is 0.0569. The fraction of sp³-hybridized carbons (Fsp3) is 0.462. The summed E-state index contributed by atoms with van der Waals surface area (Å²) in [5.41, 5.74) is 0.688. The molecule has 0 saturated carbocycles. The summed E-state index contributed by atoms with van der Waals surface area (Å²) in [5.74, 6) is 1.32. The molecule has 3 nitrogen and oxygen atoms in total. The van der Waals surface area contributed by atoms with E-state index in [4.69, 9.17) is 9.47 Å². The molecular weight excluding hydrogens is 284 g/mol. The summed E-state index contributed by atoms with van der Waals surface area (Å²) in [7, 11) is 0. The van der Waals surface area contributed by atoms with Gasteiger partial charge in [-0.2, -0.15) is 0 Å². The summed E-state index contributed by atoms with van der Waals surface area (Å²) >= 11 is 3.42. The third kappa shape index (κ3) is 3.30. The highest BCUT2D eigenvalue weighted by molar-refractivity contribution is 9.10. The van der Waals surface area contributed by atoms with Gasteiger partial charge in [0, 0.05) is 18.1 Å². The average Bonchev–Trinajstić information content (AvgIpc) is 2.80. The van der Waals surface area contributed by atoms with Crippen LogP contribution in [0.25, 0.3) is 0 Å². The van der Waals surface area contributed by atoms with Crippen molar-refractivity contribution in [2.45, 2.75) is 13.3 Å². The zero-order chi connectivity index (χ0) is 12.3. The SMILES string of the molecule is CC(=O)c1ccc(OCC2CCOC2)c(Br)c1. The van der Waals surface area contributed by atoms with Crippen LogP contribution >= 0.6 is 15.9 Å². The largest absolute Gasteiger partial charge is 0.492 e. The molecule has 0 aromatic heterocycles. The molecule has 17 heavy (non-hydrogen) atoms.